The van der Waals surface area contributed by atoms with Crippen molar-refractivity contribution in [2.24, 2.45) is 0 Å². The Bertz CT molecular complexity index is 1640. The van der Waals surface area contributed by atoms with Crippen LogP contribution in [-0.2, 0) is 17.8 Å². The van der Waals surface area contributed by atoms with Gasteiger partial charge >= 0.3 is 5.97 Å². The van der Waals surface area contributed by atoms with Gasteiger partial charge in [-0.3, -0.25) is 4.79 Å². The van der Waals surface area contributed by atoms with Crippen molar-refractivity contribution >= 4 is 23.0 Å². The summed E-state index contributed by atoms with van der Waals surface area (Å²) in [5, 5.41) is 4.54. The highest BCUT2D eigenvalue weighted by Gasteiger charge is 2.10. The smallest absolute Gasteiger partial charge is 0.337 e. The van der Waals surface area contributed by atoms with Crippen molar-refractivity contribution in [1.29, 1.82) is 0 Å². The third kappa shape index (κ3) is 5.20. The van der Waals surface area contributed by atoms with Crippen LogP contribution in [0.2, 0.25) is 0 Å². The fraction of sp³-hybridized carbons (Fsp3) is 0.143. The van der Waals surface area contributed by atoms with E-state index in [0.717, 1.165) is 22.2 Å². The number of para-hydroxylation sites is 2. The molecule has 0 aliphatic carbocycles. The molecule has 0 aliphatic rings. The summed E-state index contributed by atoms with van der Waals surface area (Å²) in [6.45, 7) is 1.16. The van der Waals surface area contributed by atoms with E-state index < -0.39 is 5.97 Å². The maximum Gasteiger partial charge on any atom is 0.337 e. The number of rotatable bonds is 8. The maximum atomic E-state index is 12.5. The summed E-state index contributed by atoms with van der Waals surface area (Å²) in [6, 6.07) is 25.4. The number of hydrogen-bond acceptors (Lipinski definition) is 7. The van der Waals surface area contributed by atoms with Crippen molar-refractivity contribution in [1.82, 2.24) is 19.3 Å². The van der Waals surface area contributed by atoms with Crippen LogP contribution in [0, 0.1) is 0 Å². The van der Waals surface area contributed by atoms with E-state index in [1.807, 2.05) is 59.2 Å². The highest BCUT2D eigenvalue weighted by atomic mass is 16.5. The number of carbonyl (C=O) groups excluding carboxylic acids is 1. The molecule has 0 saturated heterocycles. The number of esters is 1. The lowest BCUT2D eigenvalue weighted by molar-refractivity contribution is 0.0600. The predicted molar refractivity (Wildman–Crippen MR) is 140 cm³/mol. The Morgan fingerprint density at radius 3 is 2.68 bits per heavy atom. The van der Waals surface area contributed by atoms with Crippen LogP contribution in [0.1, 0.15) is 15.9 Å². The van der Waals surface area contributed by atoms with Crippen LogP contribution < -0.4 is 16.0 Å². The second-order valence-corrected chi connectivity index (χ2v) is 8.39. The normalized spacial score (nSPS) is 10.9. The van der Waals surface area contributed by atoms with Gasteiger partial charge in [-0.1, -0.05) is 36.4 Å². The average Bonchev–Trinajstić information content (AvgIpc) is 3.24. The van der Waals surface area contributed by atoms with Gasteiger partial charge in [0.15, 0.2) is 0 Å². The molecule has 37 heavy (non-hydrogen) atoms. The maximum absolute atomic E-state index is 12.5. The second-order valence-electron chi connectivity index (χ2n) is 8.39. The molecule has 0 amide bonds. The topological polar surface area (TPSA) is 114 Å². The molecule has 0 saturated carbocycles. The van der Waals surface area contributed by atoms with Crippen molar-refractivity contribution in [3.8, 4) is 17.0 Å². The number of anilines is 1. The van der Waals surface area contributed by atoms with Crippen molar-refractivity contribution in [3.63, 3.8) is 0 Å². The van der Waals surface area contributed by atoms with Gasteiger partial charge < -0.3 is 19.8 Å². The van der Waals surface area contributed by atoms with Crippen LogP contribution in [0.5, 0.6) is 5.75 Å². The van der Waals surface area contributed by atoms with E-state index in [-0.39, 0.29) is 12.1 Å². The fourth-order valence-corrected chi connectivity index (χ4v) is 4.13. The molecule has 0 aliphatic heterocycles. The Hall–Kier alpha value is -4.92. The van der Waals surface area contributed by atoms with E-state index in [0.29, 0.717) is 36.1 Å². The fourth-order valence-electron chi connectivity index (χ4n) is 4.13. The molecule has 0 unspecified atom stereocenters. The number of nitrogens with zero attached hydrogens (tertiary/aromatic N) is 4. The number of nitrogen functional groups attached to an aromatic ring is 1. The van der Waals surface area contributed by atoms with Crippen molar-refractivity contribution in [3.05, 3.63) is 106 Å². The largest absolute Gasteiger partial charge is 0.492 e. The van der Waals surface area contributed by atoms with E-state index >= 15 is 0 Å². The summed E-state index contributed by atoms with van der Waals surface area (Å²) in [4.78, 5) is 28.7. The van der Waals surface area contributed by atoms with E-state index in [2.05, 4.69) is 10.1 Å². The van der Waals surface area contributed by atoms with Crippen molar-refractivity contribution < 1.29 is 14.3 Å². The first-order valence-corrected chi connectivity index (χ1v) is 11.7. The molecular weight excluding hydrogens is 470 g/mol. The Morgan fingerprint density at radius 1 is 0.973 bits per heavy atom. The van der Waals surface area contributed by atoms with Gasteiger partial charge in [0.1, 0.15) is 12.4 Å². The molecule has 0 radical (unpaired) electrons. The van der Waals surface area contributed by atoms with E-state index in [1.165, 1.54) is 17.9 Å². The number of nitrogens with two attached hydrogens (primary N) is 1. The minimum atomic E-state index is -0.434. The molecule has 9 nitrogen and oxygen atoms in total. The summed E-state index contributed by atoms with van der Waals surface area (Å²) in [5.74, 6) is 0.685. The minimum absolute atomic E-state index is 0.216. The van der Waals surface area contributed by atoms with Crippen LogP contribution in [0.15, 0.2) is 89.7 Å². The highest BCUT2D eigenvalue weighted by molar-refractivity contribution is 5.89. The third-order valence-electron chi connectivity index (χ3n) is 5.94. The molecule has 186 valence electrons. The summed E-state index contributed by atoms with van der Waals surface area (Å²) < 4.78 is 14.1. The van der Waals surface area contributed by atoms with E-state index in [9.17, 15) is 9.59 Å². The molecule has 3 aromatic carbocycles. The standard InChI is InChI=1S/C28H25N5O4/c1-36-27(35)21-8-4-6-19(16-21)18-33-26(34)13-12-23(31-33)20-7-5-9-22(17-20)37-15-14-32-25-11-3-2-10-24(25)30-28(32)29/h2-13,16-17H,14-15,18H2,1H3,(H2,29,30). The first-order chi connectivity index (χ1) is 18.0. The van der Waals surface area contributed by atoms with Crippen LogP contribution in [-0.4, -0.2) is 39.0 Å². The number of fused-ring (bicyclic) bond motifs is 1. The van der Waals surface area contributed by atoms with Crippen LogP contribution in [0.25, 0.3) is 22.3 Å². The third-order valence-corrected chi connectivity index (χ3v) is 5.94. The van der Waals surface area contributed by atoms with Crippen molar-refractivity contribution in [2.75, 3.05) is 19.5 Å². The Kier molecular flexibility index (Phi) is 6.67. The molecule has 2 N–H and O–H groups in total. The lowest BCUT2D eigenvalue weighted by Gasteiger charge is -2.11. The average molecular weight is 496 g/mol. The quantitative estimate of drug-likeness (QED) is 0.326. The Morgan fingerprint density at radius 2 is 1.81 bits per heavy atom. The van der Waals surface area contributed by atoms with E-state index in [4.69, 9.17) is 15.2 Å². The minimum Gasteiger partial charge on any atom is -0.492 e. The van der Waals surface area contributed by atoms with Gasteiger partial charge in [0, 0.05) is 11.6 Å². The summed E-state index contributed by atoms with van der Waals surface area (Å²) in [6.07, 6.45) is 0. The molecule has 9 heteroatoms. The van der Waals surface area contributed by atoms with Gasteiger partial charge in [-0.25, -0.2) is 14.5 Å². The molecule has 0 fully saturated rings. The Balaban J connectivity index is 1.31. The van der Waals surface area contributed by atoms with Gasteiger partial charge in [-0.2, -0.15) is 5.10 Å². The number of carbonyl (C=O) groups is 1. The molecule has 0 atom stereocenters. The molecule has 2 heterocycles. The first-order valence-electron chi connectivity index (χ1n) is 11.7. The number of methoxy groups -OCH3 is 1. The zero-order chi connectivity index (χ0) is 25.8. The number of imidazole rings is 1. The predicted octanol–water partition coefficient (Wildman–Crippen LogP) is 3.76. The zero-order valence-corrected chi connectivity index (χ0v) is 20.2. The number of hydrogen-bond donors (Lipinski definition) is 1. The zero-order valence-electron chi connectivity index (χ0n) is 20.2. The van der Waals surface area contributed by atoms with Crippen LogP contribution in [0.3, 0.4) is 0 Å². The van der Waals surface area contributed by atoms with Gasteiger partial charge in [0.05, 0.1) is 42.5 Å². The van der Waals surface area contributed by atoms with E-state index in [1.54, 1.807) is 24.3 Å². The van der Waals surface area contributed by atoms with Crippen molar-refractivity contribution in [2.45, 2.75) is 13.1 Å². The molecule has 2 aromatic heterocycles. The SMILES string of the molecule is COC(=O)c1cccc(Cn2nc(-c3cccc(OCCn4c(N)nc5ccccc54)c3)ccc2=O)c1. The number of aromatic nitrogens is 4. The van der Waals surface area contributed by atoms with Gasteiger partial charge in [0.25, 0.3) is 5.56 Å². The monoisotopic (exact) mass is 495 g/mol. The second kappa shape index (κ2) is 10.4. The van der Waals surface area contributed by atoms with Gasteiger partial charge in [-0.15, -0.1) is 0 Å². The highest BCUT2D eigenvalue weighted by Crippen LogP contribution is 2.22. The number of benzene rings is 3. The first kappa shape index (κ1) is 23.8. The van der Waals surface area contributed by atoms with Crippen LogP contribution in [0.4, 0.5) is 5.95 Å². The van der Waals surface area contributed by atoms with Crippen LogP contribution >= 0.6 is 0 Å². The molecule has 0 spiro atoms. The molecule has 5 rings (SSSR count). The lowest BCUT2D eigenvalue weighted by atomic mass is 10.1. The summed E-state index contributed by atoms with van der Waals surface area (Å²) >= 11 is 0. The van der Waals surface area contributed by atoms with Gasteiger partial charge in [-0.05, 0) is 48.0 Å². The Labute approximate surface area is 212 Å². The molecule has 5 aromatic rings. The summed E-state index contributed by atoms with van der Waals surface area (Å²) in [5.41, 5.74) is 10.3. The summed E-state index contributed by atoms with van der Waals surface area (Å²) in [7, 11) is 1.33. The number of ether oxygens (including phenoxy) is 2. The molecular formula is C28H25N5O4. The molecule has 0 bridgehead atoms. The van der Waals surface area contributed by atoms with Gasteiger partial charge in [0.2, 0.25) is 5.95 Å². The lowest BCUT2D eigenvalue weighted by Crippen LogP contribution is -2.23.